The Morgan fingerprint density at radius 1 is 0.632 bits per heavy atom. The Morgan fingerprint density at radius 3 is 1.68 bits per heavy atom. The maximum Gasteiger partial charge on any atom is 0.305 e. The number of esters is 1. The van der Waals surface area contributed by atoms with Gasteiger partial charge in [0.25, 0.3) is 0 Å². The van der Waals surface area contributed by atoms with Crippen molar-refractivity contribution in [3.05, 3.63) is 72.9 Å². The number of methoxy groups -OCH3 is 1. The lowest BCUT2D eigenvalue weighted by Crippen LogP contribution is -1.99. The van der Waals surface area contributed by atoms with Crippen LogP contribution in [0.4, 0.5) is 0 Å². The van der Waals surface area contributed by atoms with Crippen LogP contribution in [0.2, 0.25) is 0 Å². The number of hydrogen-bond acceptors (Lipinski definition) is 3. The largest absolute Gasteiger partial charge is 0.469 e. The van der Waals surface area contributed by atoms with Crippen molar-refractivity contribution in [2.45, 2.75) is 135 Å². The van der Waals surface area contributed by atoms with Crippen LogP contribution in [0.5, 0.6) is 0 Å². The summed E-state index contributed by atoms with van der Waals surface area (Å²) in [5.74, 6) is -0.0766. The minimum Gasteiger partial charge on any atom is -0.469 e. The van der Waals surface area contributed by atoms with Gasteiger partial charge in [0.05, 0.1) is 13.2 Å². The molecule has 1 atom stereocenters. The van der Waals surface area contributed by atoms with Crippen LogP contribution in [-0.4, -0.2) is 24.3 Å². The van der Waals surface area contributed by atoms with Crippen LogP contribution in [-0.2, 0) is 9.53 Å². The molecule has 0 saturated heterocycles. The monoisotopic (exact) mass is 526 g/mol. The number of carbonyl (C=O) groups excluding carboxylic acids is 1. The number of aliphatic hydroxyl groups is 1. The minimum atomic E-state index is -0.392. The quantitative estimate of drug-likeness (QED) is 0.0527. The van der Waals surface area contributed by atoms with Crippen LogP contribution in [0.15, 0.2) is 72.9 Å². The van der Waals surface area contributed by atoms with E-state index in [9.17, 15) is 9.90 Å². The summed E-state index contributed by atoms with van der Waals surface area (Å²) >= 11 is 0. The summed E-state index contributed by atoms with van der Waals surface area (Å²) in [5, 5.41) is 9.77. The number of rotatable bonds is 26. The maximum absolute atomic E-state index is 11.0. The number of aliphatic hydroxyl groups excluding tert-OH is 1. The number of hydrogen-bond donors (Lipinski definition) is 1. The van der Waals surface area contributed by atoms with Crippen molar-refractivity contribution in [1.82, 2.24) is 0 Å². The van der Waals surface area contributed by atoms with E-state index in [0.717, 1.165) is 38.5 Å². The van der Waals surface area contributed by atoms with E-state index in [0.29, 0.717) is 12.8 Å². The molecule has 0 aliphatic rings. The molecular weight excluding hydrogens is 468 g/mol. The third kappa shape index (κ3) is 30.1. The van der Waals surface area contributed by atoms with Gasteiger partial charge in [-0.3, -0.25) is 4.79 Å². The van der Waals surface area contributed by atoms with Gasteiger partial charge >= 0.3 is 5.97 Å². The van der Waals surface area contributed by atoms with Gasteiger partial charge in [-0.15, -0.1) is 0 Å². The van der Waals surface area contributed by atoms with Crippen LogP contribution in [0, 0.1) is 0 Å². The molecule has 1 N–H and O–H groups in total. The zero-order valence-electron chi connectivity index (χ0n) is 24.7. The summed E-state index contributed by atoms with van der Waals surface area (Å²) in [7, 11) is 1.46. The molecule has 1 unspecified atom stereocenters. The highest BCUT2D eigenvalue weighted by Crippen LogP contribution is 2.13. The molecule has 0 saturated carbocycles. The Labute approximate surface area is 235 Å². The van der Waals surface area contributed by atoms with Gasteiger partial charge < -0.3 is 9.84 Å². The van der Waals surface area contributed by atoms with Crippen LogP contribution in [0.25, 0.3) is 0 Å². The van der Waals surface area contributed by atoms with Crippen LogP contribution >= 0.6 is 0 Å². The third-order valence-corrected chi connectivity index (χ3v) is 6.41. The molecule has 0 fully saturated rings. The predicted molar refractivity (Wildman–Crippen MR) is 166 cm³/mol. The van der Waals surface area contributed by atoms with Gasteiger partial charge in [0.2, 0.25) is 0 Å². The SMILES string of the molecule is CC/C=C\CC(O)/C=C/C=C\C/C=C\C/C=C\C/C=C\CCCCCCCCCCCCCCC(=O)OC. The molecule has 0 aromatic carbocycles. The molecule has 0 amide bonds. The molecule has 0 rings (SSSR count). The first-order valence-corrected chi connectivity index (χ1v) is 15.4. The fraction of sp³-hybridized carbons (Fsp3) is 0.629. The van der Waals surface area contributed by atoms with Gasteiger partial charge in [0, 0.05) is 6.42 Å². The second-order valence-corrected chi connectivity index (χ2v) is 9.97. The Hall–Kier alpha value is -2.13. The van der Waals surface area contributed by atoms with E-state index in [4.69, 9.17) is 0 Å². The molecule has 3 nitrogen and oxygen atoms in total. The van der Waals surface area contributed by atoms with Crippen molar-refractivity contribution in [2.24, 2.45) is 0 Å². The molecule has 0 spiro atoms. The molecule has 0 aliphatic heterocycles. The van der Waals surface area contributed by atoms with Crippen LogP contribution in [0.3, 0.4) is 0 Å². The zero-order valence-corrected chi connectivity index (χ0v) is 24.7. The number of carbonyl (C=O) groups is 1. The van der Waals surface area contributed by atoms with E-state index in [1.165, 1.54) is 77.7 Å². The van der Waals surface area contributed by atoms with Crippen LogP contribution in [0.1, 0.15) is 129 Å². The van der Waals surface area contributed by atoms with Crippen molar-refractivity contribution in [3.8, 4) is 0 Å². The van der Waals surface area contributed by atoms with Crippen molar-refractivity contribution in [3.63, 3.8) is 0 Å². The Balaban J connectivity index is 3.40. The molecule has 0 aromatic rings. The summed E-state index contributed by atoms with van der Waals surface area (Å²) in [4.78, 5) is 11.0. The molecule has 0 radical (unpaired) electrons. The van der Waals surface area contributed by atoms with Crippen molar-refractivity contribution >= 4 is 5.97 Å². The average Bonchev–Trinajstić information content (AvgIpc) is 2.92. The fourth-order valence-corrected chi connectivity index (χ4v) is 4.07. The summed E-state index contributed by atoms with van der Waals surface area (Å²) in [6.07, 6.45) is 47.0. The lowest BCUT2D eigenvalue weighted by Gasteiger charge is -2.03. The second kappa shape index (κ2) is 31.1. The second-order valence-electron chi connectivity index (χ2n) is 9.97. The lowest BCUT2D eigenvalue weighted by atomic mass is 10.0. The topological polar surface area (TPSA) is 46.5 Å². The Morgan fingerprint density at radius 2 is 1.13 bits per heavy atom. The summed E-state index contributed by atoms with van der Waals surface area (Å²) in [6.45, 7) is 2.10. The summed E-state index contributed by atoms with van der Waals surface area (Å²) < 4.78 is 4.66. The smallest absolute Gasteiger partial charge is 0.305 e. The molecule has 0 aliphatic carbocycles. The van der Waals surface area contributed by atoms with Gasteiger partial charge in [0.15, 0.2) is 0 Å². The first-order chi connectivity index (χ1) is 18.7. The highest BCUT2D eigenvalue weighted by molar-refractivity contribution is 5.68. The highest BCUT2D eigenvalue weighted by Gasteiger charge is 1.99. The van der Waals surface area contributed by atoms with E-state index in [1.54, 1.807) is 0 Å². The molecule has 3 heteroatoms. The first-order valence-electron chi connectivity index (χ1n) is 15.4. The molecule has 0 heterocycles. The highest BCUT2D eigenvalue weighted by atomic mass is 16.5. The predicted octanol–water partition coefficient (Wildman–Crippen LogP) is 10.3. The molecule has 216 valence electrons. The molecular formula is C35H58O3. The maximum atomic E-state index is 11.0. The van der Waals surface area contributed by atoms with Crippen LogP contribution < -0.4 is 0 Å². The van der Waals surface area contributed by atoms with Crippen molar-refractivity contribution < 1.29 is 14.6 Å². The Kier molecular flexibility index (Phi) is 29.3. The number of allylic oxidation sites excluding steroid dienone is 10. The molecule has 38 heavy (non-hydrogen) atoms. The molecule has 0 bridgehead atoms. The van der Waals surface area contributed by atoms with Crippen molar-refractivity contribution in [2.75, 3.05) is 7.11 Å². The van der Waals surface area contributed by atoms with Gasteiger partial charge in [-0.1, -0.05) is 144 Å². The van der Waals surface area contributed by atoms with E-state index in [-0.39, 0.29) is 5.97 Å². The van der Waals surface area contributed by atoms with Gasteiger partial charge in [-0.2, -0.15) is 0 Å². The fourth-order valence-electron chi connectivity index (χ4n) is 4.07. The average molecular weight is 527 g/mol. The van der Waals surface area contributed by atoms with Gasteiger partial charge in [-0.05, 0) is 51.4 Å². The number of ether oxygens (including phenoxy) is 1. The van der Waals surface area contributed by atoms with Gasteiger partial charge in [-0.25, -0.2) is 0 Å². The van der Waals surface area contributed by atoms with E-state index >= 15 is 0 Å². The normalized spacial score (nSPS) is 13.4. The number of unbranched alkanes of at least 4 members (excludes halogenated alkanes) is 12. The first kappa shape index (κ1) is 35.9. The van der Waals surface area contributed by atoms with E-state index < -0.39 is 6.10 Å². The van der Waals surface area contributed by atoms with E-state index in [1.807, 2.05) is 24.3 Å². The summed E-state index contributed by atoms with van der Waals surface area (Å²) in [5.41, 5.74) is 0. The minimum absolute atomic E-state index is 0.0766. The third-order valence-electron chi connectivity index (χ3n) is 6.41. The van der Waals surface area contributed by atoms with Crippen molar-refractivity contribution in [1.29, 1.82) is 0 Å². The van der Waals surface area contributed by atoms with Gasteiger partial charge in [0.1, 0.15) is 0 Å². The standard InChI is InChI=1S/C35H58O3/c1-3-4-28-31-34(36)32-29-26-24-22-20-18-16-14-12-10-8-6-5-7-9-11-13-15-17-19-21-23-25-27-30-33-35(37)38-2/h4,6,8,12,14,18,20,24,26,28-29,32,34,36H,3,5,7,9-11,13,15-17,19,21-23,25,27,30-31,33H2,1-2H3/b8-6-,14-12-,20-18-,26-24-,28-4-,32-29+. The Bertz CT molecular complexity index is 681. The summed E-state index contributed by atoms with van der Waals surface area (Å²) in [6, 6.07) is 0. The van der Waals surface area contributed by atoms with E-state index in [2.05, 4.69) is 60.3 Å². The zero-order chi connectivity index (χ0) is 27.8. The molecule has 0 aromatic heterocycles. The lowest BCUT2D eigenvalue weighted by molar-refractivity contribution is -0.140.